The second-order valence-corrected chi connectivity index (χ2v) is 2.48. The number of aromatic amines is 1. The Morgan fingerprint density at radius 3 is 3.00 bits per heavy atom. The molecule has 1 atom stereocenters. The molecule has 0 aliphatic rings. The van der Waals surface area contributed by atoms with Crippen molar-refractivity contribution in [3.05, 3.63) is 18.0 Å². The van der Waals surface area contributed by atoms with Crippen molar-refractivity contribution in [3.8, 4) is 0 Å². The molecule has 4 heteroatoms. The van der Waals surface area contributed by atoms with E-state index in [-0.39, 0.29) is 0 Å². The molecule has 11 heavy (non-hydrogen) atoms. The van der Waals surface area contributed by atoms with E-state index in [1.807, 2.05) is 13.0 Å². The zero-order valence-corrected chi connectivity index (χ0v) is 6.78. The number of nitrogens with one attached hydrogen (secondary N) is 1. The van der Waals surface area contributed by atoms with Crippen molar-refractivity contribution in [2.75, 3.05) is 0 Å². The van der Waals surface area contributed by atoms with Crippen LogP contribution in [0, 0.1) is 0 Å². The predicted molar refractivity (Wildman–Crippen MR) is 42.0 cm³/mol. The van der Waals surface area contributed by atoms with E-state index in [1.165, 1.54) is 0 Å². The van der Waals surface area contributed by atoms with Crippen LogP contribution in [0.25, 0.3) is 0 Å². The van der Waals surface area contributed by atoms with Crippen LogP contribution in [0.5, 0.6) is 0 Å². The highest BCUT2D eigenvalue weighted by molar-refractivity contribution is 4.93. The van der Waals surface area contributed by atoms with Crippen LogP contribution in [0.15, 0.2) is 12.2 Å². The molecule has 0 radical (unpaired) electrons. The van der Waals surface area contributed by atoms with Crippen LogP contribution in [0.4, 0.5) is 0 Å². The first-order valence-corrected chi connectivity index (χ1v) is 3.69. The molecule has 0 amide bonds. The predicted octanol–water partition coefficient (Wildman–Crippen LogP) is 1.27. The Hall–Kier alpha value is -1.19. The number of H-pyrrole nitrogens is 1. The van der Waals surface area contributed by atoms with Gasteiger partial charge in [-0.05, 0) is 13.3 Å². The molecule has 0 aliphatic carbocycles. The van der Waals surface area contributed by atoms with E-state index < -0.39 is 0 Å². The van der Waals surface area contributed by atoms with Crippen molar-refractivity contribution in [2.45, 2.75) is 26.2 Å². The van der Waals surface area contributed by atoms with Crippen LogP contribution in [-0.4, -0.2) is 20.6 Å². The summed E-state index contributed by atoms with van der Waals surface area (Å²) in [6.07, 6.45) is 5.09. The quantitative estimate of drug-likeness (QED) is 0.663. The number of tetrazole rings is 1. The SMILES string of the molecule is CC=CCC(C)c1nn[nH]n1. The van der Waals surface area contributed by atoms with E-state index in [0.717, 1.165) is 12.2 Å². The Bertz CT molecular complexity index is 214. The Kier molecular flexibility index (Phi) is 2.77. The van der Waals surface area contributed by atoms with Crippen LogP contribution in [0.2, 0.25) is 0 Å². The fourth-order valence-electron chi connectivity index (χ4n) is 0.824. The van der Waals surface area contributed by atoms with E-state index in [0.29, 0.717) is 5.92 Å². The molecule has 0 bridgehead atoms. The van der Waals surface area contributed by atoms with E-state index in [1.54, 1.807) is 0 Å². The first kappa shape index (κ1) is 7.91. The molecule has 0 spiro atoms. The molecule has 0 saturated carbocycles. The smallest absolute Gasteiger partial charge is 0.177 e. The zero-order chi connectivity index (χ0) is 8.10. The lowest BCUT2D eigenvalue weighted by molar-refractivity contribution is 0.715. The zero-order valence-electron chi connectivity index (χ0n) is 6.78. The van der Waals surface area contributed by atoms with E-state index in [2.05, 4.69) is 33.6 Å². The third-order valence-corrected chi connectivity index (χ3v) is 1.53. The summed E-state index contributed by atoms with van der Waals surface area (Å²) in [5.74, 6) is 1.13. The van der Waals surface area contributed by atoms with E-state index >= 15 is 0 Å². The summed E-state index contributed by atoms with van der Waals surface area (Å²) in [6, 6.07) is 0. The Labute approximate surface area is 65.7 Å². The molecule has 1 N–H and O–H groups in total. The number of nitrogens with zero attached hydrogens (tertiary/aromatic N) is 3. The molecular formula is C7H12N4. The monoisotopic (exact) mass is 152 g/mol. The molecule has 60 valence electrons. The van der Waals surface area contributed by atoms with Gasteiger partial charge in [-0.2, -0.15) is 5.21 Å². The third-order valence-electron chi connectivity index (χ3n) is 1.53. The minimum absolute atomic E-state index is 0.352. The van der Waals surface area contributed by atoms with Crippen LogP contribution < -0.4 is 0 Å². The van der Waals surface area contributed by atoms with Gasteiger partial charge in [-0.25, -0.2) is 0 Å². The van der Waals surface area contributed by atoms with Gasteiger partial charge < -0.3 is 0 Å². The molecule has 0 aliphatic heterocycles. The molecule has 1 rings (SSSR count). The Morgan fingerprint density at radius 1 is 1.64 bits per heavy atom. The van der Waals surface area contributed by atoms with Crippen molar-refractivity contribution >= 4 is 0 Å². The van der Waals surface area contributed by atoms with Gasteiger partial charge in [0.15, 0.2) is 5.82 Å². The summed E-state index contributed by atoms with van der Waals surface area (Å²) < 4.78 is 0. The minimum Gasteiger partial charge on any atom is -0.177 e. The second kappa shape index (κ2) is 3.85. The summed E-state index contributed by atoms with van der Waals surface area (Å²) in [7, 11) is 0. The van der Waals surface area contributed by atoms with Crippen LogP contribution in [0.3, 0.4) is 0 Å². The van der Waals surface area contributed by atoms with Gasteiger partial charge in [0.05, 0.1) is 0 Å². The molecule has 4 nitrogen and oxygen atoms in total. The highest BCUT2D eigenvalue weighted by Gasteiger charge is 2.06. The lowest BCUT2D eigenvalue weighted by Gasteiger charge is -1.99. The lowest BCUT2D eigenvalue weighted by atomic mass is 10.1. The van der Waals surface area contributed by atoms with Gasteiger partial charge in [-0.1, -0.05) is 24.3 Å². The van der Waals surface area contributed by atoms with Gasteiger partial charge in [-0.15, -0.1) is 10.2 Å². The highest BCUT2D eigenvalue weighted by atomic mass is 15.5. The number of aromatic nitrogens is 4. The maximum atomic E-state index is 3.89. The van der Waals surface area contributed by atoms with Crippen molar-refractivity contribution < 1.29 is 0 Å². The standard InChI is InChI=1S/C7H12N4/c1-3-4-5-6(2)7-8-10-11-9-7/h3-4,6H,5H2,1-2H3,(H,8,9,10,11). The van der Waals surface area contributed by atoms with E-state index in [4.69, 9.17) is 0 Å². The van der Waals surface area contributed by atoms with Crippen molar-refractivity contribution in [1.29, 1.82) is 0 Å². The van der Waals surface area contributed by atoms with Gasteiger partial charge in [0.25, 0.3) is 0 Å². The highest BCUT2D eigenvalue weighted by Crippen LogP contribution is 2.12. The number of allylic oxidation sites excluding steroid dienone is 2. The Balaban J connectivity index is 2.49. The van der Waals surface area contributed by atoms with Crippen LogP contribution in [0.1, 0.15) is 32.0 Å². The third kappa shape index (κ3) is 2.14. The van der Waals surface area contributed by atoms with Crippen LogP contribution >= 0.6 is 0 Å². The maximum absolute atomic E-state index is 3.89. The molecule has 1 heterocycles. The minimum atomic E-state index is 0.352. The average Bonchev–Trinajstić information content (AvgIpc) is 2.52. The molecule has 0 saturated heterocycles. The Morgan fingerprint density at radius 2 is 2.45 bits per heavy atom. The van der Waals surface area contributed by atoms with Gasteiger partial charge in [0.2, 0.25) is 0 Å². The number of rotatable bonds is 3. The summed E-state index contributed by atoms with van der Waals surface area (Å²) in [5, 5.41) is 13.7. The largest absolute Gasteiger partial charge is 0.177 e. The van der Waals surface area contributed by atoms with Crippen molar-refractivity contribution in [3.63, 3.8) is 0 Å². The van der Waals surface area contributed by atoms with Gasteiger partial charge in [-0.3, -0.25) is 0 Å². The summed E-state index contributed by atoms with van der Waals surface area (Å²) in [5.41, 5.74) is 0. The van der Waals surface area contributed by atoms with Gasteiger partial charge >= 0.3 is 0 Å². The van der Waals surface area contributed by atoms with Crippen molar-refractivity contribution in [1.82, 2.24) is 20.6 Å². The van der Waals surface area contributed by atoms with Gasteiger partial charge in [0, 0.05) is 5.92 Å². The first-order chi connectivity index (χ1) is 5.34. The van der Waals surface area contributed by atoms with E-state index in [9.17, 15) is 0 Å². The summed E-state index contributed by atoms with van der Waals surface area (Å²) >= 11 is 0. The molecular weight excluding hydrogens is 140 g/mol. The summed E-state index contributed by atoms with van der Waals surface area (Å²) in [4.78, 5) is 0. The fourth-order valence-corrected chi connectivity index (χ4v) is 0.824. The lowest BCUT2D eigenvalue weighted by Crippen LogP contribution is -1.94. The first-order valence-electron chi connectivity index (χ1n) is 3.69. The summed E-state index contributed by atoms with van der Waals surface area (Å²) in [6.45, 7) is 4.08. The molecule has 1 aromatic rings. The molecule has 1 aromatic heterocycles. The van der Waals surface area contributed by atoms with Crippen molar-refractivity contribution in [2.24, 2.45) is 0 Å². The number of hydrogen-bond acceptors (Lipinski definition) is 3. The fraction of sp³-hybridized carbons (Fsp3) is 0.571. The maximum Gasteiger partial charge on any atom is 0.177 e. The normalized spacial score (nSPS) is 14.0. The van der Waals surface area contributed by atoms with Crippen LogP contribution in [-0.2, 0) is 0 Å². The topological polar surface area (TPSA) is 54.5 Å². The number of hydrogen-bond donors (Lipinski definition) is 1. The second-order valence-electron chi connectivity index (χ2n) is 2.48. The van der Waals surface area contributed by atoms with Gasteiger partial charge in [0.1, 0.15) is 0 Å². The molecule has 1 unspecified atom stereocenters. The average molecular weight is 152 g/mol. The molecule has 0 fully saturated rings. The molecule has 0 aromatic carbocycles.